The highest BCUT2D eigenvalue weighted by Crippen LogP contribution is 2.39. The second-order valence-corrected chi connectivity index (χ2v) is 5.82. The van der Waals surface area contributed by atoms with Gasteiger partial charge in [0.25, 0.3) is 5.91 Å². The van der Waals surface area contributed by atoms with E-state index in [9.17, 15) is 14.7 Å². The molecule has 2 N–H and O–H groups in total. The maximum Gasteiger partial charge on any atom is 0.261 e. The average molecular weight is 325 g/mol. The predicted molar refractivity (Wildman–Crippen MR) is 85.3 cm³/mol. The topological polar surface area (TPSA) is 84.9 Å². The van der Waals surface area contributed by atoms with Gasteiger partial charge in [-0.2, -0.15) is 0 Å². The lowest BCUT2D eigenvalue weighted by atomic mass is 9.88. The van der Waals surface area contributed by atoms with Crippen molar-refractivity contribution in [3.8, 4) is 11.5 Å². The van der Waals surface area contributed by atoms with Crippen LogP contribution in [-0.4, -0.2) is 30.0 Å². The number of para-hydroxylation sites is 1. The van der Waals surface area contributed by atoms with E-state index in [2.05, 4.69) is 5.32 Å². The third kappa shape index (κ3) is 2.23. The summed E-state index contributed by atoms with van der Waals surface area (Å²) in [6, 6.07) is 11.7. The predicted octanol–water partition coefficient (Wildman–Crippen LogP) is 1.87. The summed E-state index contributed by atoms with van der Waals surface area (Å²) in [6.45, 7) is 0.890. The minimum absolute atomic E-state index is 0.338. The second-order valence-electron chi connectivity index (χ2n) is 5.82. The van der Waals surface area contributed by atoms with Crippen LogP contribution < -0.4 is 14.8 Å². The molecule has 0 radical (unpaired) electrons. The molecule has 1 atom stereocenters. The number of carbonyl (C=O) groups is 2. The van der Waals surface area contributed by atoms with Crippen molar-refractivity contribution in [1.82, 2.24) is 0 Å². The van der Waals surface area contributed by atoms with Gasteiger partial charge in [0, 0.05) is 16.8 Å². The Bertz CT molecular complexity index is 847. The van der Waals surface area contributed by atoms with Gasteiger partial charge in [-0.05, 0) is 24.3 Å². The zero-order valence-electron chi connectivity index (χ0n) is 12.7. The number of ether oxygens (including phenoxy) is 2. The highest BCUT2D eigenvalue weighted by Gasteiger charge is 2.46. The molecule has 0 unspecified atom stereocenters. The minimum Gasteiger partial charge on any atom is -0.486 e. The Hall–Kier alpha value is -2.86. The summed E-state index contributed by atoms with van der Waals surface area (Å²) in [5, 5.41) is 13.4. The van der Waals surface area contributed by atoms with Crippen LogP contribution in [0, 0.1) is 0 Å². The summed E-state index contributed by atoms with van der Waals surface area (Å²) in [5.41, 5.74) is -0.549. The molecule has 4 rings (SSSR count). The number of hydrogen-bond donors (Lipinski definition) is 2. The minimum atomic E-state index is -1.86. The second kappa shape index (κ2) is 5.35. The molecule has 2 aliphatic rings. The number of amides is 1. The van der Waals surface area contributed by atoms with Crippen molar-refractivity contribution < 1.29 is 24.2 Å². The number of rotatable bonds is 3. The van der Waals surface area contributed by atoms with E-state index in [4.69, 9.17) is 9.47 Å². The van der Waals surface area contributed by atoms with Gasteiger partial charge in [-0.25, -0.2) is 0 Å². The maximum atomic E-state index is 12.6. The molecule has 0 spiro atoms. The number of anilines is 1. The van der Waals surface area contributed by atoms with Crippen molar-refractivity contribution in [2.24, 2.45) is 0 Å². The molecule has 2 aromatic carbocycles. The standard InChI is InChI=1S/C18H15NO5/c20-14(11-5-6-15-16(9-11)24-8-7-23-15)10-18(22)12-3-1-2-4-13(12)19-17(18)21/h1-6,9,22H,7-8,10H2,(H,19,21)/t18-/m0/s1. The molecule has 0 bridgehead atoms. The molecule has 2 aromatic rings. The van der Waals surface area contributed by atoms with Gasteiger partial charge >= 0.3 is 0 Å². The summed E-state index contributed by atoms with van der Waals surface area (Å²) in [7, 11) is 0. The quantitative estimate of drug-likeness (QED) is 0.842. The van der Waals surface area contributed by atoms with Crippen LogP contribution in [0.3, 0.4) is 0 Å². The molecule has 1 amide bonds. The van der Waals surface area contributed by atoms with Crippen LogP contribution in [0.15, 0.2) is 42.5 Å². The SMILES string of the molecule is O=C(C[C@@]1(O)C(=O)Nc2ccccc21)c1ccc2c(c1)OCCO2. The first-order valence-electron chi connectivity index (χ1n) is 7.64. The van der Waals surface area contributed by atoms with Crippen molar-refractivity contribution in [3.63, 3.8) is 0 Å². The number of benzene rings is 2. The van der Waals surface area contributed by atoms with Crippen LogP contribution >= 0.6 is 0 Å². The molecular weight excluding hydrogens is 310 g/mol. The molecule has 0 saturated heterocycles. The van der Waals surface area contributed by atoms with E-state index >= 15 is 0 Å². The maximum absolute atomic E-state index is 12.6. The van der Waals surface area contributed by atoms with E-state index < -0.39 is 11.5 Å². The Labute approximate surface area is 138 Å². The molecule has 0 saturated carbocycles. The molecule has 6 nitrogen and oxygen atoms in total. The largest absolute Gasteiger partial charge is 0.486 e. The Morgan fingerprint density at radius 2 is 1.88 bits per heavy atom. The van der Waals surface area contributed by atoms with Gasteiger partial charge in [-0.1, -0.05) is 18.2 Å². The summed E-state index contributed by atoms with van der Waals surface area (Å²) in [5.74, 6) is 0.145. The highest BCUT2D eigenvalue weighted by molar-refractivity contribution is 6.09. The first kappa shape index (κ1) is 14.7. The number of ketones is 1. The van der Waals surface area contributed by atoms with E-state index in [1.165, 1.54) is 0 Å². The van der Waals surface area contributed by atoms with E-state index in [-0.39, 0.29) is 12.2 Å². The fourth-order valence-corrected chi connectivity index (χ4v) is 3.03. The number of nitrogens with one attached hydrogen (secondary N) is 1. The third-order valence-electron chi connectivity index (χ3n) is 4.28. The molecule has 0 aromatic heterocycles. The first-order chi connectivity index (χ1) is 11.6. The van der Waals surface area contributed by atoms with Crippen molar-refractivity contribution in [3.05, 3.63) is 53.6 Å². The van der Waals surface area contributed by atoms with Crippen LogP contribution in [-0.2, 0) is 10.4 Å². The van der Waals surface area contributed by atoms with Gasteiger partial charge < -0.3 is 19.9 Å². The highest BCUT2D eigenvalue weighted by atomic mass is 16.6. The molecule has 24 heavy (non-hydrogen) atoms. The molecule has 0 fully saturated rings. The van der Waals surface area contributed by atoms with E-state index in [1.54, 1.807) is 42.5 Å². The Morgan fingerprint density at radius 1 is 1.12 bits per heavy atom. The fraction of sp³-hybridized carbons (Fsp3) is 0.222. The normalized spacial score (nSPS) is 21.1. The van der Waals surface area contributed by atoms with Crippen LogP contribution in [0.2, 0.25) is 0 Å². The lowest BCUT2D eigenvalue weighted by Gasteiger charge is -2.21. The summed E-state index contributed by atoms with van der Waals surface area (Å²) >= 11 is 0. The first-order valence-corrected chi connectivity index (χ1v) is 7.64. The lowest BCUT2D eigenvalue weighted by molar-refractivity contribution is -0.133. The molecule has 122 valence electrons. The molecule has 6 heteroatoms. The Kier molecular flexibility index (Phi) is 3.28. The fourth-order valence-electron chi connectivity index (χ4n) is 3.03. The van der Waals surface area contributed by atoms with Crippen molar-refractivity contribution in [2.75, 3.05) is 18.5 Å². The van der Waals surface area contributed by atoms with Gasteiger partial charge in [0.2, 0.25) is 0 Å². The lowest BCUT2D eigenvalue weighted by Crippen LogP contribution is -2.36. The van der Waals surface area contributed by atoms with Gasteiger partial charge in [-0.3, -0.25) is 9.59 Å². The van der Waals surface area contributed by atoms with Gasteiger partial charge in [-0.15, -0.1) is 0 Å². The molecule has 0 aliphatic carbocycles. The zero-order valence-corrected chi connectivity index (χ0v) is 12.7. The van der Waals surface area contributed by atoms with Gasteiger partial charge in [0.1, 0.15) is 13.2 Å². The Morgan fingerprint density at radius 3 is 2.71 bits per heavy atom. The molecule has 2 heterocycles. The average Bonchev–Trinajstić information content (AvgIpc) is 2.85. The van der Waals surface area contributed by atoms with Crippen LogP contribution in [0.5, 0.6) is 11.5 Å². The molecular formula is C18H15NO5. The summed E-state index contributed by atoms with van der Waals surface area (Å²) in [6.07, 6.45) is -0.338. The van der Waals surface area contributed by atoms with Crippen molar-refractivity contribution in [2.45, 2.75) is 12.0 Å². The van der Waals surface area contributed by atoms with Crippen LogP contribution in [0.25, 0.3) is 0 Å². The van der Waals surface area contributed by atoms with Crippen LogP contribution in [0.4, 0.5) is 5.69 Å². The van der Waals surface area contributed by atoms with E-state index in [0.717, 1.165) is 0 Å². The third-order valence-corrected chi connectivity index (χ3v) is 4.28. The molecule has 2 aliphatic heterocycles. The summed E-state index contributed by atoms with van der Waals surface area (Å²) in [4.78, 5) is 24.8. The zero-order chi connectivity index (χ0) is 16.7. The van der Waals surface area contributed by atoms with E-state index in [1.807, 2.05) is 0 Å². The summed E-state index contributed by atoms with van der Waals surface area (Å²) < 4.78 is 10.9. The smallest absolute Gasteiger partial charge is 0.261 e. The Balaban J connectivity index is 1.63. The number of fused-ring (bicyclic) bond motifs is 2. The number of aliphatic hydroxyl groups is 1. The van der Waals surface area contributed by atoms with Crippen molar-refractivity contribution >= 4 is 17.4 Å². The number of Topliss-reactive ketones (excluding diaryl/α,β-unsaturated/α-hetero) is 1. The van der Waals surface area contributed by atoms with Crippen molar-refractivity contribution in [1.29, 1.82) is 0 Å². The number of hydrogen-bond acceptors (Lipinski definition) is 5. The monoisotopic (exact) mass is 325 g/mol. The number of carbonyl (C=O) groups excluding carboxylic acids is 2. The van der Waals surface area contributed by atoms with E-state index in [0.29, 0.717) is 41.5 Å². The van der Waals surface area contributed by atoms with Gasteiger partial charge in [0.15, 0.2) is 22.9 Å². The van der Waals surface area contributed by atoms with Gasteiger partial charge in [0.05, 0.1) is 6.42 Å². The van der Waals surface area contributed by atoms with Crippen LogP contribution in [0.1, 0.15) is 22.3 Å².